The lowest BCUT2D eigenvalue weighted by molar-refractivity contribution is -0.394. The van der Waals surface area contributed by atoms with Gasteiger partial charge in [0, 0.05) is 12.1 Å². The standard InChI is InChI=1S/C16H30.C7H4N2O6/c1-2-3-7-14-10-12-16(13-11-14)15-8-5-4-6-9-15;10-7(11)4-1-5(8(12)13)3-6(2-4)9(14)15/h14-16H,2-13H2,1H3;1-3H,(H,10,11). The number of non-ortho nitro benzene ring substituents is 2. The number of carboxylic acids is 1. The van der Waals surface area contributed by atoms with Crippen molar-refractivity contribution in [3.63, 3.8) is 0 Å². The molecule has 2 aliphatic rings. The highest BCUT2D eigenvalue weighted by Gasteiger charge is 2.28. The highest BCUT2D eigenvalue weighted by Crippen LogP contribution is 2.40. The summed E-state index contributed by atoms with van der Waals surface area (Å²) < 4.78 is 0. The third-order valence-corrected chi connectivity index (χ3v) is 6.74. The van der Waals surface area contributed by atoms with Crippen LogP contribution in [0.4, 0.5) is 11.4 Å². The fraction of sp³-hybridized carbons (Fsp3) is 0.696. The molecule has 8 heteroatoms. The lowest BCUT2D eigenvalue weighted by Crippen LogP contribution is -2.23. The van der Waals surface area contributed by atoms with Gasteiger partial charge >= 0.3 is 5.97 Å². The van der Waals surface area contributed by atoms with Crippen LogP contribution in [0.3, 0.4) is 0 Å². The smallest absolute Gasteiger partial charge is 0.336 e. The molecule has 0 saturated heterocycles. The number of unbranched alkanes of at least 4 members (excludes halogenated alkanes) is 1. The van der Waals surface area contributed by atoms with Gasteiger partial charge in [-0.15, -0.1) is 0 Å². The first kappa shape index (κ1) is 24.8. The summed E-state index contributed by atoms with van der Waals surface area (Å²) in [6, 6.07) is 2.22. The van der Waals surface area contributed by atoms with Crippen LogP contribution in [0.25, 0.3) is 0 Å². The molecule has 0 radical (unpaired) electrons. The van der Waals surface area contributed by atoms with Gasteiger partial charge in [-0.1, -0.05) is 71.1 Å². The second-order valence-electron chi connectivity index (χ2n) is 8.88. The van der Waals surface area contributed by atoms with Gasteiger partial charge < -0.3 is 5.11 Å². The Balaban J connectivity index is 0.000000221. The average molecular weight is 435 g/mol. The summed E-state index contributed by atoms with van der Waals surface area (Å²) in [5.41, 5.74) is -1.74. The van der Waals surface area contributed by atoms with Crippen molar-refractivity contribution < 1.29 is 19.7 Å². The predicted molar refractivity (Wildman–Crippen MR) is 118 cm³/mol. The van der Waals surface area contributed by atoms with Crippen molar-refractivity contribution in [2.24, 2.45) is 17.8 Å². The Morgan fingerprint density at radius 1 is 0.903 bits per heavy atom. The first-order chi connectivity index (χ1) is 14.8. The van der Waals surface area contributed by atoms with Gasteiger partial charge in [0.05, 0.1) is 21.5 Å². The molecule has 1 aromatic carbocycles. The van der Waals surface area contributed by atoms with Gasteiger partial charge in [-0.3, -0.25) is 20.2 Å². The van der Waals surface area contributed by atoms with Gasteiger partial charge in [-0.25, -0.2) is 4.79 Å². The van der Waals surface area contributed by atoms with Crippen molar-refractivity contribution in [2.75, 3.05) is 0 Å². The molecule has 1 aromatic rings. The number of carbonyl (C=O) groups is 1. The third kappa shape index (κ3) is 7.92. The summed E-state index contributed by atoms with van der Waals surface area (Å²) >= 11 is 0. The first-order valence-corrected chi connectivity index (χ1v) is 11.5. The molecule has 0 bridgehead atoms. The molecule has 0 unspecified atom stereocenters. The maximum Gasteiger partial charge on any atom is 0.336 e. The molecule has 0 atom stereocenters. The molecule has 172 valence electrons. The minimum Gasteiger partial charge on any atom is -0.478 e. The Kier molecular flexibility index (Phi) is 9.88. The van der Waals surface area contributed by atoms with Gasteiger partial charge in [0.1, 0.15) is 0 Å². The van der Waals surface area contributed by atoms with E-state index in [9.17, 15) is 25.0 Å². The minimum absolute atomic E-state index is 0.490. The number of hydrogen-bond acceptors (Lipinski definition) is 5. The van der Waals surface area contributed by atoms with E-state index in [1.165, 1.54) is 38.5 Å². The fourth-order valence-electron chi connectivity index (χ4n) is 4.98. The molecular weight excluding hydrogens is 400 g/mol. The number of aromatic carboxylic acids is 1. The van der Waals surface area contributed by atoms with Crippen LogP contribution in [0.15, 0.2) is 18.2 Å². The molecule has 0 aromatic heterocycles. The van der Waals surface area contributed by atoms with Crippen molar-refractivity contribution in [3.05, 3.63) is 44.0 Å². The number of hydrogen-bond donors (Lipinski definition) is 1. The molecule has 2 saturated carbocycles. The molecule has 8 nitrogen and oxygen atoms in total. The van der Waals surface area contributed by atoms with E-state index >= 15 is 0 Å². The third-order valence-electron chi connectivity index (χ3n) is 6.74. The van der Waals surface area contributed by atoms with E-state index in [0.717, 1.165) is 29.9 Å². The van der Waals surface area contributed by atoms with Crippen molar-refractivity contribution in [1.29, 1.82) is 0 Å². The first-order valence-electron chi connectivity index (χ1n) is 11.5. The topological polar surface area (TPSA) is 124 Å². The monoisotopic (exact) mass is 434 g/mol. The summed E-state index contributed by atoms with van der Waals surface area (Å²) in [5, 5.41) is 29.2. The van der Waals surface area contributed by atoms with E-state index in [0.29, 0.717) is 6.07 Å². The van der Waals surface area contributed by atoms with Gasteiger partial charge in [0.2, 0.25) is 0 Å². The molecule has 2 aliphatic carbocycles. The number of rotatable bonds is 7. The van der Waals surface area contributed by atoms with Crippen LogP contribution in [0, 0.1) is 38.0 Å². The summed E-state index contributed by atoms with van der Waals surface area (Å²) in [6.07, 6.45) is 18.3. The van der Waals surface area contributed by atoms with Gasteiger partial charge in [-0.05, 0) is 30.6 Å². The molecule has 0 heterocycles. The number of nitro groups is 2. The molecule has 1 N–H and O–H groups in total. The Hall–Kier alpha value is -2.51. The second kappa shape index (κ2) is 12.4. The molecular formula is C23H34N2O6. The average Bonchev–Trinajstić information content (AvgIpc) is 2.78. The molecule has 0 amide bonds. The van der Waals surface area contributed by atoms with Crippen LogP contribution >= 0.6 is 0 Å². The number of nitro benzene ring substituents is 2. The molecule has 31 heavy (non-hydrogen) atoms. The minimum atomic E-state index is -1.46. The second-order valence-corrected chi connectivity index (χ2v) is 8.88. The summed E-state index contributed by atoms with van der Waals surface area (Å²) in [4.78, 5) is 29.4. The van der Waals surface area contributed by atoms with Crippen molar-refractivity contribution in [2.45, 2.75) is 84.0 Å². The van der Waals surface area contributed by atoms with Crippen LogP contribution < -0.4 is 0 Å². The highest BCUT2D eigenvalue weighted by atomic mass is 16.6. The molecule has 0 aliphatic heterocycles. The summed E-state index contributed by atoms with van der Waals surface area (Å²) in [6.45, 7) is 2.33. The van der Waals surface area contributed by atoms with Crippen LogP contribution in [0.1, 0.15) is 94.3 Å². The Labute approximate surface area is 183 Å². The van der Waals surface area contributed by atoms with Crippen LogP contribution in [0.2, 0.25) is 0 Å². The number of benzene rings is 1. The van der Waals surface area contributed by atoms with E-state index in [1.807, 2.05) is 0 Å². The van der Waals surface area contributed by atoms with E-state index in [2.05, 4.69) is 6.92 Å². The molecule has 3 rings (SSSR count). The quantitative estimate of drug-likeness (QED) is 0.373. The SMILES string of the molecule is CCCCC1CCC(C2CCCCC2)CC1.O=C(O)c1cc([N+](=O)[O-])cc([N+](=O)[O-])c1. The van der Waals surface area contributed by atoms with Crippen LogP contribution in [0.5, 0.6) is 0 Å². The fourth-order valence-corrected chi connectivity index (χ4v) is 4.98. The normalized spacial score (nSPS) is 21.6. The Bertz CT molecular complexity index is 673. The van der Waals surface area contributed by atoms with E-state index in [-0.39, 0.29) is 0 Å². The highest BCUT2D eigenvalue weighted by molar-refractivity contribution is 5.89. The number of nitrogens with zero attached hydrogens (tertiary/aromatic N) is 2. The maximum absolute atomic E-state index is 10.5. The van der Waals surface area contributed by atoms with E-state index in [4.69, 9.17) is 5.11 Å². The predicted octanol–water partition coefficient (Wildman–Crippen LogP) is 6.76. The maximum atomic E-state index is 10.5. The summed E-state index contributed by atoms with van der Waals surface area (Å²) in [5.74, 6) is 1.89. The van der Waals surface area contributed by atoms with Crippen molar-refractivity contribution in [1.82, 2.24) is 0 Å². The van der Waals surface area contributed by atoms with Crippen molar-refractivity contribution >= 4 is 17.3 Å². The zero-order valence-electron chi connectivity index (χ0n) is 18.3. The lowest BCUT2D eigenvalue weighted by atomic mass is 9.70. The molecule has 0 spiro atoms. The molecule has 2 fully saturated rings. The van der Waals surface area contributed by atoms with Gasteiger partial charge in [0.15, 0.2) is 0 Å². The van der Waals surface area contributed by atoms with E-state index < -0.39 is 32.8 Å². The summed E-state index contributed by atoms with van der Waals surface area (Å²) in [7, 11) is 0. The van der Waals surface area contributed by atoms with Gasteiger partial charge in [0.25, 0.3) is 11.4 Å². The van der Waals surface area contributed by atoms with Crippen molar-refractivity contribution in [3.8, 4) is 0 Å². The largest absolute Gasteiger partial charge is 0.478 e. The lowest BCUT2D eigenvalue weighted by Gasteiger charge is -2.35. The zero-order valence-corrected chi connectivity index (χ0v) is 18.3. The van der Waals surface area contributed by atoms with Gasteiger partial charge in [-0.2, -0.15) is 0 Å². The number of carboxylic acid groups (broad SMARTS) is 1. The Morgan fingerprint density at radius 2 is 1.42 bits per heavy atom. The Morgan fingerprint density at radius 3 is 1.87 bits per heavy atom. The van der Waals surface area contributed by atoms with Crippen LogP contribution in [-0.2, 0) is 0 Å². The zero-order chi connectivity index (χ0) is 22.8. The van der Waals surface area contributed by atoms with E-state index in [1.54, 1.807) is 38.5 Å². The van der Waals surface area contributed by atoms with Crippen LogP contribution in [-0.4, -0.2) is 20.9 Å².